The van der Waals surface area contributed by atoms with Crippen molar-refractivity contribution >= 4 is 22.9 Å². The first-order valence-electron chi connectivity index (χ1n) is 7.06. The second-order valence-corrected chi connectivity index (χ2v) is 6.83. The fraction of sp³-hybridized carbons (Fsp3) is 0.438. The average Bonchev–Trinajstić information content (AvgIpc) is 3.19. The van der Waals surface area contributed by atoms with Crippen LogP contribution in [0.3, 0.4) is 0 Å². The number of thiazole rings is 1. The predicted octanol–water partition coefficient (Wildman–Crippen LogP) is 4.83. The first kappa shape index (κ1) is 14.1. The van der Waals surface area contributed by atoms with E-state index in [-0.39, 0.29) is 0 Å². The molecule has 0 aliphatic heterocycles. The van der Waals surface area contributed by atoms with Gasteiger partial charge in [-0.2, -0.15) is 0 Å². The minimum absolute atomic E-state index is 0.334. The van der Waals surface area contributed by atoms with Crippen molar-refractivity contribution in [3.05, 3.63) is 50.9 Å². The summed E-state index contributed by atoms with van der Waals surface area (Å²) < 4.78 is 0. The predicted molar refractivity (Wildman–Crippen MR) is 85.3 cm³/mol. The van der Waals surface area contributed by atoms with E-state index in [1.165, 1.54) is 23.4 Å². The fourth-order valence-corrected chi connectivity index (χ4v) is 3.69. The van der Waals surface area contributed by atoms with E-state index in [9.17, 15) is 0 Å². The van der Waals surface area contributed by atoms with Gasteiger partial charge in [0.05, 0.1) is 6.54 Å². The quantitative estimate of drug-likeness (QED) is 0.786. The molecular formula is C16H19ClN2S. The molecule has 1 atom stereocenters. The van der Waals surface area contributed by atoms with Gasteiger partial charge in [0, 0.05) is 28.2 Å². The summed E-state index contributed by atoms with van der Waals surface area (Å²) in [5.74, 6) is 0. The topological polar surface area (TPSA) is 16.1 Å². The van der Waals surface area contributed by atoms with Gasteiger partial charge in [-0.25, -0.2) is 4.98 Å². The molecule has 1 aliphatic carbocycles. The lowest BCUT2D eigenvalue weighted by Crippen LogP contribution is -2.29. The van der Waals surface area contributed by atoms with Gasteiger partial charge in [0.2, 0.25) is 0 Å². The minimum atomic E-state index is 0.334. The van der Waals surface area contributed by atoms with Crippen molar-refractivity contribution in [1.82, 2.24) is 9.88 Å². The molecule has 1 saturated carbocycles. The molecule has 2 nitrogen and oxygen atoms in total. The van der Waals surface area contributed by atoms with Gasteiger partial charge in [0.25, 0.3) is 0 Å². The normalized spacial score (nSPS) is 16.6. The van der Waals surface area contributed by atoms with Crippen LogP contribution in [0.15, 0.2) is 29.6 Å². The van der Waals surface area contributed by atoms with E-state index in [1.54, 1.807) is 11.3 Å². The molecule has 1 aromatic heterocycles. The summed E-state index contributed by atoms with van der Waals surface area (Å²) in [6, 6.07) is 9.19. The highest BCUT2D eigenvalue weighted by Crippen LogP contribution is 2.37. The van der Waals surface area contributed by atoms with E-state index in [0.717, 1.165) is 17.3 Å². The lowest BCUT2D eigenvalue weighted by Gasteiger charge is -2.29. The van der Waals surface area contributed by atoms with E-state index in [4.69, 9.17) is 11.6 Å². The highest BCUT2D eigenvalue weighted by Gasteiger charge is 2.33. The number of halogens is 1. The summed E-state index contributed by atoms with van der Waals surface area (Å²) >= 11 is 8.11. The highest BCUT2D eigenvalue weighted by molar-refractivity contribution is 7.09. The van der Waals surface area contributed by atoms with E-state index < -0.39 is 0 Å². The van der Waals surface area contributed by atoms with Crippen LogP contribution in [-0.2, 0) is 6.54 Å². The Labute approximate surface area is 129 Å². The van der Waals surface area contributed by atoms with E-state index in [0.29, 0.717) is 12.1 Å². The first-order valence-corrected chi connectivity index (χ1v) is 8.32. The van der Waals surface area contributed by atoms with Crippen LogP contribution in [0.4, 0.5) is 0 Å². The third-order valence-electron chi connectivity index (χ3n) is 3.85. The summed E-state index contributed by atoms with van der Waals surface area (Å²) in [7, 11) is 0. The van der Waals surface area contributed by atoms with Crippen molar-refractivity contribution in [2.24, 2.45) is 0 Å². The Bertz CT molecular complexity index is 592. The van der Waals surface area contributed by atoms with Gasteiger partial charge < -0.3 is 0 Å². The number of hydrogen-bond donors (Lipinski definition) is 0. The largest absolute Gasteiger partial charge is 0.287 e. The zero-order valence-corrected chi connectivity index (χ0v) is 13.4. The number of aryl methyl sites for hydroxylation is 1. The maximum atomic E-state index is 6.36. The van der Waals surface area contributed by atoms with E-state index in [1.807, 2.05) is 12.1 Å². The number of benzene rings is 1. The van der Waals surface area contributed by atoms with Crippen LogP contribution < -0.4 is 0 Å². The van der Waals surface area contributed by atoms with Crippen molar-refractivity contribution in [2.45, 2.75) is 45.3 Å². The standard InChI is InChI=1S/C16H19ClN2S/c1-11-10-20-16(18-11)9-19(13-7-8-13)12(2)14-5-3-4-6-15(14)17/h3-6,10,12-13H,7-9H2,1-2H3/t12-/m1/s1. The Kier molecular flexibility index (Phi) is 4.11. The van der Waals surface area contributed by atoms with Crippen molar-refractivity contribution in [1.29, 1.82) is 0 Å². The average molecular weight is 307 g/mol. The van der Waals surface area contributed by atoms with E-state index >= 15 is 0 Å². The lowest BCUT2D eigenvalue weighted by atomic mass is 10.1. The van der Waals surface area contributed by atoms with Gasteiger partial charge in [0.1, 0.15) is 5.01 Å². The maximum Gasteiger partial charge on any atom is 0.107 e. The van der Waals surface area contributed by atoms with Crippen molar-refractivity contribution < 1.29 is 0 Å². The Hall–Kier alpha value is -0.900. The van der Waals surface area contributed by atoms with Crippen LogP contribution in [0.5, 0.6) is 0 Å². The zero-order valence-electron chi connectivity index (χ0n) is 11.8. The molecule has 106 valence electrons. The van der Waals surface area contributed by atoms with Gasteiger partial charge in [0.15, 0.2) is 0 Å². The maximum absolute atomic E-state index is 6.36. The SMILES string of the molecule is Cc1csc(CN(C2CC2)[C@H](C)c2ccccc2Cl)n1. The molecule has 0 unspecified atom stereocenters. The van der Waals surface area contributed by atoms with Gasteiger partial charge in [-0.15, -0.1) is 11.3 Å². The summed E-state index contributed by atoms with van der Waals surface area (Å²) in [5.41, 5.74) is 2.33. The first-order chi connectivity index (χ1) is 9.65. The fourth-order valence-electron chi connectivity index (χ4n) is 2.61. The molecule has 1 heterocycles. The molecule has 3 rings (SSSR count). The molecule has 0 bridgehead atoms. The zero-order chi connectivity index (χ0) is 14.1. The Morgan fingerprint density at radius 2 is 2.15 bits per heavy atom. The molecule has 1 fully saturated rings. The molecule has 0 spiro atoms. The van der Waals surface area contributed by atoms with Gasteiger partial charge in [-0.05, 0) is 38.3 Å². The van der Waals surface area contributed by atoms with Crippen LogP contribution in [0.2, 0.25) is 5.02 Å². The van der Waals surface area contributed by atoms with Crippen LogP contribution in [0.25, 0.3) is 0 Å². The molecule has 1 aromatic carbocycles. The minimum Gasteiger partial charge on any atom is -0.287 e. The van der Waals surface area contributed by atoms with Crippen LogP contribution in [0, 0.1) is 6.92 Å². The molecule has 4 heteroatoms. The third kappa shape index (κ3) is 3.05. The van der Waals surface area contributed by atoms with Crippen LogP contribution in [-0.4, -0.2) is 15.9 Å². The number of rotatable bonds is 5. The number of hydrogen-bond acceptors (Lipinski definition) is 3. The molecule has 20 heavy (non-hydrogen) atoms. The molecular weight excluding hydrogens is 288 g/mol. The molecule has 0 saturated heterocycles. The molecule has 2 aromatic rings. The van der Waals surface area contributed by atoms with Crippen molar-refractivity contribution in [2.75, 3.05) is 0 Å². The third-order valence-corrected chi connectivity index (χ3v) is 5.15. The van der Waals surface area contributed by atoms with Crippen molar-refractivity contribution in [3.8, 4) is 0 Å². The molecule has 0 radical (unpaired) electrons. The second-order valence-electron chi connectivity index (χ2n) is 5.48. The summed E-state index contributed by atoms with van der Waals surface area (Å²) in [6.07, 6.45) is 2.58. The van der Waals surface area contributed by atoms with Crippen LogP contribution >= 0.6 is 22.9 Å². The number of aromatic nitrogens is 1. The molecule has 0 N–H and O–H groups in total. The smallest absolute Gasteiger partial charge is 0.107 e. The molecule has 1 aliphatic rings. The molecule has 0 amide bonds. The Balaban J connectivity index is 1.81. The Morgan fingerprint density at radius 1 is 1.40 bits per heavy atom. The van der Waals surface area contributed by atoms with E-state index in [2.05, 4.69) is 41.2 Å². The van der Waals surface area contributed by atoms with Gasteiger partial charge in [-0.1, -0.05) is 29.8 Å². The summed E-state index contributed by atoms with van der Waals surface area (Å²) in [5, 5.41) is 4.19. The van der Waals surface area contributed by atoms with Gasteiger partial charge >= 0.3 is 0 Å². The number of nitrogens with zero attached hydrogens (tertiary/aromatic N) is 2. The van der Waals surface area contributed by atoms with Crippen molar-refractivity contribution in [3.63, 3.8) is 0 Å². The van der Waals surface area contributed by atoms with Gasteiger partial charge in [-0.3, -0.25) is 4.90 Å². The Morgan fingerprint density at radius 3 is 2.75 bits per heavy atom. The van der Waals surface area contributed by atoms with Crippen LogP contribution in [0.1, 0.15) is 42.1 Å². The summed E-state index contributed by atoms with van der Waals surface area (Å²) in [6.45, 7) is 5.23. The second kappa shape index (κ2) is 5.84. The highest BCUT2D eigenvalue weighted by atomic mass is 35.5. The monoisotopic (exact) mass is 306 g/mol. The summed E-state index contributed by atoms with van der Waals surface area (Å²) in [4.78, 5) is 7.14. The lowest BCUT2D eigenvalue weighted by molar-refractivity contribution is 0.190.